The van der Waals surface area contributed by atoms with Crippen molar-refractivity contribution in [2.24, 2.45) is 0 Å². The maximum atomic E-state index is 13.2. The normalized spacial score (nSPS) is 11.8. The van der Waals surface area contributed by atoms with E-state index < -0.39 is 15.8 Å². The summed E-state index contributed by atoms with van der Waals surface area (Å²) < 4.78 is 39.7. The average Bonchev–Trinajstić information content (AvgIpc) is 2.80. The Morgan fingerprint density at radius 3 is 2.65 bits per heavy atom. The lowest BCUT2D eigenvalue weighted by atomic mass is 10.1. The first-order valence-electron chi connectivity index (χ1n) is 5.83. The predicted molar refractivity (Wildman–Crippen MR) is 74.9 cm³/mol. The van der Waals surface area contributed by atoms with E-state index in [-0.39, 0.29) is 21.7 Å². The summed E-state index contributed by atoms with van der Waals surface area (Å²) in [6.45, 7) is 3.88. The van der Waals surface area contributed by atoms with Crippen LogP contribution in [0.15, 0.2) is 29.2 Å². The van der Waals surface area contributed by atoms with E-state index in [1.807, 2.05) is 13.8 Å². The Morgan fingerprint density at radius 1 is 1.35 bits per heavy atom. The zero-order chi connectivity index (χ0) is 14.9. The van der Waals surface area contributed by atoms with Crippen LogP contribution in [-0.2, 0) is 10.0 Å². The van der Waals surface area contributed by atoms with E-state index in [0.717, 1.165) is 17.8 Å². The van der Waals surface area contributed by atoms with Crippen LogP contribution in [0.5, 0.6) is 0 Å². The summed E-state index contributed by atoms with van der Waals surface area (Å²) >= 11 is 5.79. The second kappa shape index (κ2) is 5.41. The number of hydrogen-bond acceptors (Lipinski definition) is 3. The molecule has 2 rings (SSSR count). The molecule has 0 fully saturated rings. The molecule has 20 heavy (non-hydrogen) atoms. The molecule has 0 bridgehead atoms. The fourth-order valence-electron chi connectivity index (χ4n) is 1.56. The number of anilines is 1. The Labute approximate surface area is 121 Å². The molecule has 0 amide bonds. The second-order valence-corrected chi connectivity index (χ2v) is 6.60. The molecule has 1 aromatic carbocycles. The lowest BCUT2D eigenvalue weighted by molar-refractivity contribution is 0.595. The fraction of sp³-hybridized carbons (Fsp3) is 0.250. The molecule has 0 aliphatic heterocycles. The van der Waals surface area contributed by atoms with Gasteiger partial charge in [0, 0.05) is 11.8 Å². The lowest BCUT2D eigenvalue weighted by Crippen LogP contribution is -2.14. The SMILES string of the molecule is CC(C)c1cc(NS(=O)(=O)c2cc(F)ccc2Cl)n[nH]1. The van der Waals surface area contributed by atoms with E-state index in [4.69, 9.17) is 11.6 Å². The van der Waals surface area contributed by atoms with Gasteiger partial charge in [0.2, 0.25) is 0 Å². The van der Waals surface area contributed by atoms with Crippen LogP contribution in [-0.4, -0.2) is 18.6 Å². The molecule has 5 nitrogen and oxygen atoms in total. The smallest absolute Gasteiger partial charge is 0.264 e. The van der Waals surface area contributed by atoms with Crippen molar-refractivity contribution in [3.8, 4) is 0 Å². The van der Waals surface area contributed by atoms with Gasteiger partial charge in [-0.05, 0) is 24.1 Å². The molecule has 1 aromatic heterocycles. The number of rotatable bonds is 4. The van der Waals surface area contributed by atoms with Crippen LogP contribution in [0.2, 0.25) is 5.02 Å². The van der Waals surface area contributed by atoms with Gasteiger partial charge in [0.15, 0.2) is 5.82 Å². The number of sulfonamides is 1. The van der Waals surface area contributed by atoms with Gasteiger partial charge in [-0.2, -0.15) is 5.10 Å². The highest BCUT2D eigenvalue weighted by atomic mass is 35.5. The van der Waals surface area contributed by atoms with Crippen LogP contribution in [0.1, 0.15) is 25.5 Å². The van der Waals surface area contributed by atoms with Crippen molar-refractivity contribution in [3.05, 3.63) is 40.8 Å². The Balaban J connectivity index is 2.33. The highest BCUT2D eigenvalue weighted by Gasteiger charge is 2.20. The minimum Gasteiger partial charge on any atom is -0.280 e. The van der Waals surface area contributed by atoms with Crippen molar-refractivity contribution in [3.63, 3.8) is 0 Å². The minimum atomic E-state index is -3.98. The molecule has 0 spiro atoms. The zero-order valence-corrected chi connectivity index (χ0v) is 12.4. The largest absolute Gasteiger partial charge is 0.280 e. The highest BCUT2D eigenvalue weighted by molar-refractivity contribution is 7.92. The van der Waals surface area contributed by atoms with Gasteiger partial charge in [-0.3, -0.25) is 9.82 Å². The van der Waals surface area contributed by atoms with E-state index in [2.05, 4.69) is 14.9 Å². The summed E-state index contributed by atoms with van der Waals surface area (Å²) in [5.41, 5.74) is 0.785. The molecular weight excluding hydrogens is 305 g/mol. The minimum absolute atomic E-state index is 0.0569. The Bertz CT molecular complexity index is 728. The summed E-state index contributed by atoms with van der Waals surface area (Å²) in [7, 11) is -3.98. The van der Waals surface area contributed by atoms with Crippen LogP contribution < -0.4 is 4.72 Å². The molecule has 0 radical (unpaired) electrons. The van der Waals surface area contributed by atoms with Crippen molar-refractivity contribution >= 4 is 27.4 Å². The first-order chi connectivity index (χ1) is 9.29. The molecule has 0 aliphatic rings. The van der Waals surface area contributed by atoms with Crippen molar-refractivity contribution in [2.45, 2.75) is 24.7 Å². The highest BCUT2D eigenvalue weighted by Crippen LogP contribution is 2.24. The van der Waals surface area contributed by atoms with Gasteiger partial charge in [-0.1, -0.05) is 25.4 Å². The van der Waals surface area contributed by atoms with Gasteiger partial charge < -0.3 is 0 Å². The summed E-state index contributed by atoms with van der Waals surface area (Å²) in [5, 5.41) is 6.51. The van der Waals surface area contributed by atoms with E-state index in [9.17, 15) is 12.8 Å². The van der Waals surface area contributed by atoms with Crippen LogP contribution in [0.25, 0.3) is 0 Å². The maximum Gasteiger partial charge on any atom is 0.264 e. The van der Waals surface area contributed by atoms with Gasteiger partial charge in [0.25, 0.3) is 10.0 Å². The molecular formula is C12H13ClFN3O2S. The molecule has 0 aliphatic carbocycles. The number of nitrogens with zero attached hydrogens (tertiary/aromatic N) is 1. The van der Waals surface area contributed by atoms with Crippen LogP contribution in [0, 0.1) is 5.82 Å². The Morgan fingerprint density at radius 2 is 2.05 bits per heavy atom. The van der Waals surface area contributed by atoms with Gasteiger partial charge >= 0.3 is 0 Å². The summed E-state index contributed by atoms with van der Waals surface area (Å²) in [6.07, 6.45) is 0. The number of hydrogen-bond donors (Lipinski definition) is 2. The molecule has 2 aromatic rings. The molecule has 0 saturated heterocycles. The third-order valence-corrected chi connectivity index (χ3v) is 4.48. The van der Waals surface area contributed by atoms with Crippen LogP contribution in [0.4, 0.5) is 10.2 Å². The fourth-order valence-corrected chi connectivity index (χ4v) is 3.07. The first kappa shape index (κ1) is 14.8. The maximum absolute atomic E-state index is 13.2. The topological polar surface area (TPSA) is 74.8 Å². The number of nitrogens with one attached hydrogen (secondary N) is 2. The van der Waals surface area contributed by atoms with E-state index in [1.165, 1.54) is 6.07 Å². The molecule has 108 valence electrons. The zero-order valence-electron chi connectivity index (χ0n) is 10.8. The number of H-pyrrole nitrogens is 1. The van der Waals surface area contributed by atoms with E-state index in [1.54, 1.807) is 6.07 Å². The van der Waals surface area contributed by atoms with Gasteiger partial charge in [0.05, 0.1) is 5.02 Å². The van der Waals surface area contributed by atoms with Gasteiger partial charge in [-0.15, -0.1) is 0 Å². The van der Waals surface area contributed by atoms with Gasteiger partial charge in [-0.25, -0.2) is 12.8 Å². The third kappa shape index (κ3) is 3.10. The third-order valence-electron chi connectivity index (χ3n) is 2.64. The molecule has 0 atom stereocenters. The van der Waals surface area contributed by atoms with E-state index >= 15 is 0 Å². The molecule has 0 unspecified atom stereocenters. The predicted octanol–water partition coefficient (Wildman–Crippen LogP) is 3.13. The lowest BCUT2D eigenvalue weighted by Gasteiger charge is -2.07. The molecule has 0 saturated carbocycles. The van der Waals surface area contributed by atoms with Crippen LogP contribution in [0.3, 0.4) is 0 Å². The molecule has 1 heterocycles. The van der Waals surface area contributed by atoms with E-state index in [0.29, 0.717) is 0 Å². The summed E-state index contributed by atoms with van der Waals surface area (Å²) in [5.74, 6) is -0.368. The van der Waals surface area contributed by atoms with Crippen molar-refractivity contribution in [2.75, 3.05) is 4.72 Å². The van der Waals surface area contributed by atoms with Crippen molar-refractivity contribution < 1.29 is 12.8 Å². The van der Waals surface area contributed by atoms with Crippen LogP contribution >= 0.6 is 11.6 Å². The number of aromatic nitrogens is 2. The number of benzene rings is 1. The Kier molecular flexibility index (Phi) is 4.01. The first-order valence-corrected chi connectivity index (χ1v) is 7.69. The van der Waals surface area contributed by atoms with Gasteiger partial charge in [0.1, 0.15) is 10.7 Å². The summed E-state index contributed by atoms with van der Waals surface area (Å²) in [6, 6.07) is 4.72. The quantitative estimate of drug-likeness (QED) is 0.909. The number of halogens is 2. The van der Waals surface area contributed by atoms with Crippen molar-refractivity contribution in [1.29, 1.82) is 0 Å². The Hall–Kier alpha value is -1.60. The van der Waals surface area contributed by atoms with Crippen molar-refractivity contribution in [1.82, 2.24) is 10.2 Å². The monoisotopic (exact) mass is 317 g/mol. The average molecular weight is 318 g/mol. The summed E-state index contributed by atoms with van der Waals surface area (Å²) in [4.78, 5) is -0.326. The standard InChI is InChI=1S/C12H13ClFN3O2S/c1-7(2)10-6-12(16-15-10)17-20(18,19)11-5-8(14)3-4-9(11)13/h3-7H,1-2H3,(H2,15,16,17). The molecule has 2 N–H and O–H groups in total. The number of aromatic amines is 1. The second-order valence-electron chi connectivity index (χ2n) is 4.54. The molecule has 8 heteroatoms.